The number of H-pyrrole nitrogens is 1. The lowest BCUT2D eigenvalue weighted by Gasteiger charge is -2.38. The van der Waals surface area contributed by atoms with Gasteiger partial charge in [0.25, 0.3) is 5.91 Å². The van der Waals surface area contributed by atoms with Crippen molar-refractivity contribution < 1.29 is 14.4 Å². The third-order valence-electron chi connectivity index (χ3n) is 4.82. The molecule has 2 saturated heterocycles. The summed E-state index contributed by atoms with van der Waals surface area (Å²) in [6.07, 6.45) is 1.38. The van der Waals surface area contributed by atoms with E-state index >= 15 is 0 Å². The summed E-state index contributed by atoms with van der Waals surface area (Å²) in [4.78, 5) is 39.7. The minimum atomic E-state index is -0.927. The Morgan fingerprint density at radius 3 is 2.68 bits per heavy atom. The lowest BCUT2D eigenvalue weighted by molar-refractivity contribution is -0.141. The number of aromatic nitrogens is 4. The predicted molar refractivity (Wildman–Crippen MR) is 86.2 cm³/mol. The van der Waals surface area contributed by atoms with Crippen molar-refractivity contribution >= 4 is 17.8 Å². The molecule has 136 valence electrons. The monoisotopic (exact) mass is 349 g/mol. The van der Waals surface area contributed by atoms with Gasteiger partial charge in [0.05, 0.1) is 5.92 Å². The highest BCUT2D eigenvalue weighted by atomic mass is 16.2. The Balaban J connectivity index is 1.55. The van der Waals surface area contributed by atoms with Crippen molar-refractivity contribution in [3.05, 3.63) is 5.82 Å². The molecule has 2 N–H and O–H groups in total. The number of carbonyl (C=O) groups is 3. The van der Waals surface area contributed by atoms with Gasteiger partial charge < -0.3 is 10.2 Å². The Kier molecular flexibility index (Phi) is 4.44. The third-order valence-corrected chi connectivity index (χ3v) is 4.82. The number of tetrazole rings is 1. The van der Waals surface area contributed by atoms with E-state index < -0.39 is 11.6 Å². The molecular weight excluding hydrogens is 326 g/mol. The highest BCUT2D eigenvalue weighted by Gasteiger charge is 2.48. The van der Waals surface area contributed by atoms with E-state index in [1.165, 1.54) is 0 Å². The van der Waals surface area contributed by atoms with Gasteiger partial charge in [0.1, 0.15) is 12.1 Å². The summed E-state index contributed by atoms with van der Waals surface area (Å²) in [7, 11) is 0. The zero-order valence-electron chi connectivity index (χ0n) is 14.7. The lowest BCUT2D eigenvalue weighted by Crippen LogP contribution is -2.53. The molecule has 1 unspecified atom stereocenters. The van der Waals surface area contributed by atoms with Crippen LogP contribution < -0.4 is 5.32 Å². The molecule has 4 amide bonds. The van der Waals surface area contributed by atoms with Gasteiger partial charge in [-0.2, -0.15) is 5.21 Å². The largest absolute Gasteiger partial charge is 0.340 e. The number of nitrogens with zero attached hydrogens (tertiary/aromatic N) is 5. The van der Waals surface area contributed by atoms with Crippen molar-refractivity contribution in [1.29, 1.82) is 0 Å². The predicted octanol–water partition coefficient (Wildman–Crippen LogP) is -0.128. The smallest absolute Gasteiger partial charge is 0.325 e. The minimum absolute atomic E-state index is 0.0436. The summed E-state index contributed by atoms with van der Waals surface area (Å²) >= 11 is 0. The fourth-order valence-corrected chi connectivity index (χ4v) is 3.06. The molecule has 1 aromatic heterocycles. The van der Waals surface area contributed by atoms with Crippen LogP contribution in [0, 0.1) is 5.92 Å². The normalized spacial score (nSPS) is 24.0. The Labute approximate surface area is 145 Å². The minimum Gasteiger partial charge on any atom is -0.340 e. The van der Waals surface area contributed by atoms with Crippen LogP contribution in [0.15, 0.2) is 0 Å². The van der Waals surface area contributed by atoms with Crippen LogP contribution in [0.5, 0.6) is 0 Å². The van der Waals surface area contributed by atoms with Gasteiger partial charge >= 0.3 is 6.03 Å². The quantitative estimate of drug-likeness (QED) is 0.690. The Morgan fingerprint density at radius 2 is 2.08 bits per heavy atom. The number of nitrogens with one attached hydrogen (secondary N) is 2. The first-order valence-corrected chi connectivity index (χ1v) is 8.45. The van der Waals surface area contributed by atoms with Crippen molar-refractivity contribution in [2.45, 2.75) is 45.1 Å². The van der Waals surface area contributed by atoms with E-state index in [0.29, 0.717) is 31.3 Å². The molecule has 10 nitrogen and oxygen atoms in total. The maximum absolute atomic E-state index is 12.6. The van der Waals surface area contributed by atoms with Gasteiger partial charge in [-0.25, -0.2) is 4.79 Å². The summed E-state index contributed by atoms with van der Waals surface area (Å²) in [5, 5.41) is 16.4. The van der Waals surface area contributed by atoms with Gasteiger partial charge in [-0.05, 0) is 25.7 Å². The van der Waals surface area contributed by atoms with Crippen LogP contribution >= 0.6 is 0 Å². The molecule has 0 aromatic carbocycles. The molecule has 3 heterocycles. The molecule has 2 fully saturated rings. The van der Waals surface area contributed by atoms with E-state index in [1.807, 2.05) is 0 Å². The molecule has 0 saturated carbocycles. The highest BCUT2D eigenvalue weighted by Crippen LogP contribution is 2.27. The van der Waals surface area contributed by atoms with Gasteiger partial charge in [0.15, 0.2) is 5.82 Å². The maximum atomic E-state index is 12.6. The van der Waals surface area contributed by atoms with E-state index in [2.05, 4.69) is 39.8 Å². The maximum Gasteiger partial charge on any atom is 0.325 e. The van der Waals surface area contributed by atoms with E-state index in [1.54, 1.807) is 11.8 Å². The van der Waals surface area contributed by atoms with E-state index in [4.69, 9.17) is 0 Å². The molecule has 1 aromatic rings. The number of urea groups is 1. The fourth-order valence-electron chi connectivity index (χ4n) is 3.06. The Bertz CT molecular complexity index is 669. The molecule has 0 radical (unpaired) electrons. The molecule has 2 aliphatic heterocycles. The van der Waals surface area contributed by atoms with E-state index in [0.717, 1.165) is 11.3 Å². The van der Waals surface area contributed by atoms with Crippen LogP contribution in [0.4, 0.5) is 4.79 Å². The van der Waals surface area contributed by atoms with E-state index in [-0.39, 0.29) is 24.3 Å². The van der Waals surface area contributed by atoms with Crippen molar-refractivity contribution in [2.24, 2.45) is 5.92 Å². The van der Waals surface area contributed by atoms with Crippen molar-refractivity contribution in [2.75, 3.05) is 19.6 Å². The van der Waals surface area contributed by atoms with E-state index in [9.17, 15) is 14.4 Å². The lowest BCUT2D eigenvalue weighted by atomic mass is 9.92. The SMILES string of the molecule is CC(C)CCC1(C)NC(=O)N(CC(=O)N2CC(c3nn[nH]n3)C2)C1=O. The number of imide groups is 1. The van der Waals surface area contributed by atoms with Gasteiger partial charge in [-0.1, -0.05) is 19.1 Å². The van der Waals surface area contributed by atoms with Crippen LogP contribution in [0.3, 0.4) is 0 Å². The van der Waals surface area contributed by atoms with Crippen LogP contribution in [0.1, 0.15) is 45.4 Å². The molecule has 0 aliphatic carbocycles. The molecule has 25 heavy (non-hydrogen) atoms. The van der Waals surface area contributed by atoms with Crippen LogP contribution in [0.25, 0.3) is 0 Å². The van der Waals surface area contributed by atoms with Crippen molar-refractivity contribution in [1.82, 2.24) is 35.7 Å². The fraction of sp³-hybridized carbons (Fsp3) is 0.733. The second-order valence-electron chi connectivity index (χ2n) is 7.35. The molecule has 1 atom stereocenters. The molecule has 2 aliphatic rings. The van der Waals surface area contributed by atoms with Crippen LogP contribution in [0.2, 0.25) is 0 Å². The third kappa shape index (κ3) is 3.33. The van der Waals surface area contributed by atoms with Crippen molar-refractivity contribution in [3.63, 3.8) is 0 Å². The zero-order chi connectivity index (χ0) is 18.2. The number of hydrogen-bond acceptors (Lipinski definition) is 6. The second-order valence-corrected chi connectivity index (χ2v) is 7.35. The molecular formula is C15H23N7O3. The number of aromatic amines is 1. The Morgan fingerprint density at radius 1 is 1.36 bits per heavy atom. The second kappa shape index (κ2) is 6.41. The number of rotatable bonds is 6. The summed E-state index contributed by atoms with van der Waals surface area (Å²) in [5.41, 5.74) is -0.927. The molecule has 0 spiro atoms. The zero-order valence-corrected chi connectivity index (χ0v) is 14.7. The number of likely N-dealkylation sites (tertiary alicyclic amines) is 1. The Hall–Kier alpha value is -2.52. The molecule has 0 bridgehead atoms. The number of amides is 4. The van der Waals surface area contributed by atoms with Gasteiger partial charge in [0.2, 0.25) is 5.91 Å². The van der Waals surface area contributed by atoms with Crippen LogP contribution in [-0.2, 0) is 9.59 Å². The highest BCUT2D eigenvalue weighted by molar-refractivity contribution is 6.08. The summed E-state index contributed by atoms with van der Waals surface area (Å²) in [6, 6.07) is -0.500. The summed E-state index contributed by atoms with van der Waals surface area (Å²) in [5.74, 6) is 0.459. The first kappa shape index (κ1) is 17.3. The number of carbonyl (C=O) groups excluding carboxylic acids is 3. The topological polar surface area (TPSA) is 124 Å². The molecule has 3 rings (SSSR count). The average Bonchev–Trinajstić information content (AvgIpc) is 3.08. The van der Waals surface area contributed by atoms with Gasteiger partial charge in [0, 0.05) is 13.1 Å². The van der Waals surface area contributed by atoms with Crippen molar-refractivity contribution in [3.8, 4) is 0 Å². The first-order chi connectivity index (χ1) is 11.8. The molecule has 10 heteroatoms. The summed E-state index contributed by atoms with van der Waals surface area (Å²) < 4.78 is 0. The standard InChI is InChI=1S/C15H23N7O3/c1-9(2)4-5-15(3)13(24)22(14(25)16-15)8-11(23)21-6-10(7-21)12-17-19-20-18-12/h9-10H,4-8H2,1-3H3,(H,16,25)(H,17,18,19,20). The van der Waals surface area contributed by atoms with Gasteiger partial charge in [-0.3, -0.25) is 14.5 Å². The first-order valence-electron chi connectivity index (χ1n) is 8.45. The summed E-state index contributed by atoms with van der Waals surface area (Å²) in [6.45, 7) is 6.54. The number of hydrogen-bond donors (Lipinski definition) is 2. The van der Waals surface area contributed by atoms with Crippen LogP contribution in [-0.4, -0.2) is 73.4 Å². The average molecular weight is 349 g/mol. The van der Waals surface area contributed by atoms with Gasteiger partial charge in [-0.15, -0.1) is 10.2 Å².